The summed E-state index contributed by atoms with van der Waals surface area (Å²) in [5.74, 6) is -0.202. The van der Waals surface area contributed by atoms with Gasteiger partial charge < -0.3 is 5.11 Å². The molecule has 4 atom stereocenters. The molecule has 5 rings (SSSR count). The molecule has 4 heterocycles. The molecule has 1 aromatic carbocycles. The molecule has 0 spiro atoms. The molecule has 2 aliphatic heterocycles. The predicted molar refractivity (Wildman–Crippen MR) is 111 cm³/mol. The molecular formula is C23H21FN4O. The van der Waals surface area contributed by atoms with E-state index in [4.69, 9.17) is 0 Å². The molecule has 0 saturated carbocycles. The van der Waals surface area contributed by atoms with Gasteiger partial charge in [-0.05, 0) is 42.5 Å². The summed E-state index contributed by atoms with van der Waals surface area (Å²) >= 11 is 0. The molecule has 5 nitrogen and oxygen atoms in total. The number of nitrogens with one attached hydrogen (secondary N) is 1. The van der Waals surface area contributed by atoms with Gasteiger partial charge >= 0.3 is 0 Å². The number of phenols is 1. The molecule has 2 aromatic heterocycles. The van der Waals surface area contributed by atoms with Gasteiger partial charge in [-0.1, -0.05) is 18.7 Å². The fourth-order valence-electron chi connectivity index (χ4n) is 4.39. The molecule has 2 N–H and O–H groups in total. The number of halogens is 1. The monoisotopic (exact) mass is 388 g/mol. The van der Waals surface area contributed by atoms with Crippen LogP contribution in [-0.4, -0.2) is 37.8 Å². The summed E-state index contributed by atoms with van der Waals surface area (Å²) in [5, 5.41) is 15.5. The lowest BCUT2D eigenvalue weighted by molar-refractivity contribution is 0.146. The van der Waals surface area contributed by atoms with Crippen molar-refractivity contribution in [3.05, 3.63) is 67.4 Å². The molecule has 6 heteroatoms. The van der Waals surface area contributed by atoms with Crippen LogP contribution in [-0.2, 0) is 0 Å². The van der Waals surface area contributed by atoms with Crippen LogP contribution in [0.15, 0.2) is 61.7 Å². The Kier molecular flexibility index (Phi) is 3.99. The smallest absolute Gasteiger partial charge is 0.126 e. The number of hydrogen-bond donors (Lipinski definition) is 2. The summed E-state index contributed by atoms with van der Waals surface area (Å²) in [7, 11) is 0. The van der Waals surface area contributed by atoms with Crippen LogP contribution in [0.2, 0.25) is 0 Å². The van der Waals surface area contributed by atoms with Crippen LogP contribution < -0.4 is 5.32 Å². The Morgan fingerprint density at radius 2 is 2.10 bits per heavy atom. The van der Waals surface area contributed by atoms with Crippen molar-refractivity contribution in [3.8, 4) is 17.0 Å². The Morgan fingerprint density at radius 1 is 1.24 bits per heavy atom. The van der Waals surface area contributed by atoms with E-state index in [0.29, 0.717) is 28.9 Å². The normalized spacial score (nSPS) is 28.0. The van der Waals surface area contributed by atoms with E-state index >= 15 is 0 Å². The second-order valence-corrected chi connectivity index (χ2v) is 8.11. The van der Waals surface area contributed by atoms with Crippen LogP contribution in [0.4, 0.5) is 4.39 Å². The van der Waals surface area contributed by atoms with Gasteiger partial charge in [-0.25, -0.2) is 4.39 Å². The lowest BCUT2D eigenvalue weighted by Crippen LogP contribution is -2.54. The second kappa shape index (κ2) is 6.46. The van der Waals surface area contributed by atoms with Gasteiger partial charge in [-0.15, -0.1) is 0 Å². The lowest BCUT2D eigenvalue weighted by atomic mass is 9.78. The van der Waals surface area contributed by atoms with Crippen molar-refractivity contribution in [2.75, 3.05) is 0 Å². The topological polar surface area (TPSA) is 70.9 Å². The van der Waals surface area contributed by atoms with Gasteiger partial charge in [0.15, 0.2) is 0 Å². The van der Waals surface area contributed by atoms with E-state index in [9.17, 15) is 9.50 Å². The summed E-state index contributed by atoms with van der Waals surface area (Å²) in [4.78, 5) is 13.0. The quantitative estimate of drug-likeness (QED) is 0.662. The SMILES string of the molecule is C=C(c1cnc(-c2cc3ccncc3cc2O)cn1)[C@H]1C[C@]2(C)C=C[C@@H](N2)[C@@H]1F. The molecule has 0 aliphatic carbocycles. The number of hydrogen-bond acceptors (Lipinski definition) is 5. The van der Waals surface area contributed by atoms with Crippen molar-refractivity contribution in [2.24, 2.45) is 5.92 Å². The van der Waals surface area contributed by atoms with Crippen LogP contribution in [0.5, 0.6) is 5.75 Å². The maximum absolute atomic E-state index is 14.9. The van der Waals surface area contributed by atoms with Gasteiger partial charge in [-0.3, -0.25) is 20.3 Å². The maximum atomic E-state index is 14.9. The predicted octanol–water partition coefficient (Wildman–Crippen LogP) is 4.06. The first kappa shape index (κ1) is 17.9. The standard InChI is InChI=1S/C23H21FN4O/c1-13(17-9-23(2)5-3-18(28-23)22(17)24)19-11-27-20(12-26-19)16-7-14-4-6-25-10-15(14)8-21(16)29/h3-8,10-12,17-18,22,28-29H,1,9H2,2H3/t17-,18-,22-,23+/m1/s1. The van der Waals surface area contributed by atoms with Gasteiger partial charge in [0.1, 0.15) is 11.9 Å². The summed E-state index contributed by atoms with van der Waals surface area (Å²) in [6.07, 6.45) is 10.2. The number of benzene rings is 1. The zero-order chi connectivity index (χ0) is 20.2. The Balaban J connectivity index is 1.43. The molecule has 1 fully saturated rings. The van der Waals surface area contributed by atoms with Crippen molar-refractivity contribution in [1.82, 2.24) is 20.3 Å². The molecular weight excluding hydrogens is 367 g/mol. The van der Waals surface area contributed by atoms with E-state index in [1.54, 1.807) is 30.9 Å². The molecule has 0 unspecified atom stereocenters. The number of aromatic nitrogens is 3. The molecule has 0 radical (unpaired) electrons. The number of pyridine rings is 1. The number of aromatic hydroxyl groups is 1. The fourth-order valence-corrected chi connectivity index (χ4v) is 4.39. The minimum Gasteiger partial charge on any atom is -0.507 e. The zero-order valence-corrected chi connectivity index (χ0v) is 16.0. The molecule has 3 aromatic rings. The van der Waals surface area contributed by atoms with E-state index in [0.717, 1.165) is 10.8 Å². The lowest BCUT2D eigenvalue weighted by Gasteiger charge is -2.39. The number of phenolic OH excluding ortho intramolecular Hbond substituents is 1. The maximum Gasteiger partial charge on any atom is 0.126 e. The first-order valence-electron chi connectivity index (χ1n) is 9.63. The van der Waals surface area contributed by atoms with E-state index in [2.05, 4.69) is 33.8 Å². The van der Waals surface area contributed by atoms with E-state index in [1.807, 2.05) is 24.3 Å². The molecule has 0 amide bonds. The highest BCUT2D eigenvalue weighted by Crippen LogP contribution is 2.41. The Hall–Kier alpha value is -3.12. The van der Waals surface area contributed by atoms with Crippen molar-refractivity contribution in [3.63, 3.8) is 0 Å². The fraction of sp³-hybridized carbons (Fsp3) is 0.261. The minimum absolute atomic E-state index is 0.115. The van der Waals surface area contributed by atoms with Gasteiger partial charge in [0, 0.05) is 34.8 Å². The molecule has 146 valence electrons. The van der Waals surface area contributed by atoms with Crippen molar-refractivity contribution >= 4 is 16.3 Å². The molecule has 29 heavy (non-hydrogen) atoms. The number of nitrogens with zero attached hydrogens (tertiary/aromatic N) is 3. The van der Waals surface area contributed by atoms with Gasteiger partial charge in [-0.2, -0.15) is 0 Å². The number of alkyl halides is 1. The average Bonchev–Trinajstić information content (AvgIpc) is 3.07. The largest absolute Gasteiger partial charge is 0.507 e. The van der Waals surface area contributed by atoms with Crippen LogP contribution >= 0.6 is 0 Å². The highest BCUT2D eigenvalue weighted by molar-refractivity contribution is 5.89. The summed E-state index contributed by atoms with van der Waals surface area (Å²) in [6.45, 7) is 6.21. The summed E-state index contributed by atoms with van der Waals surface area (Å²) in [6, 6.07) is 5.12. The van der Waals surface area contributed by atoms with Crippen LogP contribution in [0, 0.1) is 5.92 Å². The van der Waals surface area contributed by atoms with Gasteiger partial charge in [0.05, 0.1) is 29.8 Å². The van der Waals surface area contributed by atoms with E-state index in [-0.39, 0.29) is 23.2 Å². The highest BCUT2D eigenvalue weighted by atomic mass is 19.1. The third-order valence-electron chi connectivity index (χ3n) is 6.00. The Labute approximate surface area is 168 Å². The number of piperidine rings is 1. The molecule has 2 aliphatic rings. The Morgan fingerprint density at radius 3 is 2.90 bits per heavy atom. The first-order chi connectivity index (χ1) is 13.9. The minimum atomic E-state index is -1.05. The average molecular weight is 388 g/mol. The molecule has 1 saturated heterocycles. The first-order valence-corrected chi connectivity index (χ1v) is 9.63. The van der Waals surface area contributed by atoms with Crippen LogP contribution in [0.25, 0.3) is 27.6 Å². The summed E-state index contributed by atoms with van der Waals surface area (Å²) in [5.41, 5.74) is 2.17. The number of allylic oxidation sites excluding steroid dienone is 1. The Bertz CT molecular complexity index is 1140. The number of rotatable bonds is 3. The van der Waals surface area contributed by atoms with Crippen LogP contribution in [0.1, 0.15) is 19.0 Å². The van der Waals surface area contributed by atoms with Crippen molar-refractivity contribution in [1.29, 1.82) is 0 Å². The number of fused-ring (bicyclic) bond motifs is 3. The van der Waals surface area contributed by atoms with Crippen molar-refractivity contribution < 1.29 is 9.50 Å². The highest BCUT2D eigenvalue weighted by Gasteiger charge is 2.46. The van der Waals surface area contributed by atoms with Crippen LogP contribution in [0.3, 0.4) is 0 Å². The van der Waals surface area contributed by atoms with E-state index < -0.39 is 6.17 Å². The second-order valence-electron chi connectivity index (χ2n) is 8.11. The van der Waals surface area contributed by atoms with Gasteiger partial charge in [0.25, 0.3) is 0 Å². The van der Waals surface area contributed by atoms with Crippen molar-refractivity contribution in [2.45, 2.75) is 31.1 Å². The third-order valence-corrected chi connectivity index (χ3v) is 6.00. The summed E-state index contributed by atoms with van der Waals surface area (Å²) < 4.78 is 14.9. The van der Waals surface area contributed by atoms with E-state index in [1.165, 1.54) is 0 Å². The zero-order valence-electron chi connectivity index (χ0n) is 16.0. The third kappa shape index (κ3) is 3.00. The molecule has 2 bridgehead atoms. The van der Waals surface area contributed by atoms with Gasteiger partial charge in [0.2, 0.25) is 0 Å².